The first-order chi connectivity index (χ1) is 11.0. The number of piperazine rings is 1. The van der Waals surface area contributed by atoms with Gasteiger partial charge in [-0.15, -0.1) is 0 Å². The van der Waals surface area contributed by atoms with Crippen LogP contribution in [0.5, 0.6) is 0 Å². The van der Waals surface area contributed by atoms with Gasteiger partial charge in [-0.2, -0.15) is 0 Å². The molecule has 1 aliphatic rings. The monoisotopic (exact) mass is 310 g/mol. The summed E-state index contributed by atoms with van der Waals surface area (Å²) in [6.45, 7) is 8.47. The summed E-state index contributed by atoms with van der Waals surface area (Å²) in [5.41, 5.74) is 4.15. The van der Waals surface area contributed by atoms with Gasteiger partial charge in [-0.1, -0.05) is 29.8 Å². The van der Waals surface area contributed by atoms with Crippen molar-refractivity contribution in [2.75, 3.05) is 24.5 Å². The first-order valence-corrected chi connectivity index (χ1v) is 7.91. The molecule has 5 heteroatoms. The fraction of sp³-hybridized carbons (Fsp3) is 0.389. The second kappa shape index (κ2) is 6.36. The second-order valence-electron chi connectivity index (χ2n) is 6.15. The Hall–Kier alpha value is -2.43. The fourth-order valence-electron chi connectivity index (χ4n) is 2.91. The zero-order valence-electron chi connectivity index (χ0n) is 13.9. The summed E-state index contributed by atoms with van der Waals surface area (Å²) < 4.78 is 0. The predicted molar refractivity (Wildman–Crippen MR) is 90.3 cm³/mol. The van der Waals surface area contributed by atoms with Crippen LogP contribution in [0.15, 0.2) is 30.5 Å². The molecule has 0 aliphatic carbocycles. The SMILES string of the molecule is Cc1cccc(CN2CCN(c3nc(C)cnc3C)CC2=O)c1. The van der Waals surface area contributed by atoms with Crippen molar-refractivity contribution in [3.63, 3.8) is 0 Å². The minimum absolute atomic E-state index is 0.139. The number of nitrogens with zero attached hydrogens (tertiary/aromatic N) is 4. The molecule has 1 saturated heterocycles. The molecule has 0 unspecified atom stereocenters. The molecule has 23 heavy (non-hydrogen) atoms. The average molecular weight is 310 g/mol. The highest BCUT2D eigenvalue weighted by Gasteiger charge is 2.26. The summed E-state index contributed by atoms with van der Waals surface area (Å²) in [7, 11) is 0. The van der Waals surface area contributed by atoms with E-state index in [2.05, 4.69) is 35.1 Å². The molecule has 0 atom stereocenters. The molecule has 5 nitrogen and oxygen atoms in total. The zero-order valence-corrected chi connectivity index (χ0v) is 13.9. The van der Waals surface area contributed by atoms with E-state index < -0.39 is 0 Å². The predicted octanol–water partition coefficient (Wildman–Crippen LogP) is 2.25. The van der Waals surface area contributed by atoms with Crippen LogP contribution in [0.4, 0.5) is 5.82 Å². The van der Waals surface area contributed by atoms with Gasteiger partial charge in [0.25, 0.3) is 0 Å². The van der Waals surface area contributed by atoms with Gasteiger partial charge < -0.3 is 9.80 Å². The van der Waals surface area contributed by atoms with E-state index in [0.717, 1.165) is 23.8 Å². The number of benzene rings is 1. The summed E-state index contributed by atoms with van der Waals surface area (Å²) in [4.78, 5) is 25.3. The molecule has 0 saturated carbocycles. The molecule has 1 aromatic heterocycles. The summed E-state index contributed by atoms with van der Waals surface area (Å²) >= 11 is 0. The number of anilines is 1. The largest absolute Gasteiger partial charge is 0.344 e. The van der Waals surface area contributed by atoms with Crippen molar-refractivity contribution in [1.29, 1.82) is 0 Å². The number of aromatic nitrogens is 2. The van der Waals surface area contributed by atoms with E-state index in [9.17, 15) is 4.79 Å². The fourth-order valence-corrected chi connectivity index (χ4v) is 2.91. The normalized spacial score (nSPS) is 15.2. The molecule has 0 N–H and O–H groups in total. The van der Waals surface area contributed by atoms with Crippen molar-refractivity contribution in [3.8, 4) is 0 Å². The maximum atomic E-state index is 12.5. The van der Waals surface area contributed by atoms with Crippen molar-refractivity contribution in [2.45, 2.75) is 27.3 Å². The Morgan fingerprint density at radius 3 is 2.74 bits per heavy atom. The van der Waals surface area contributed by atoms with Crippen LogP contribution >= 0.6 is 0 Å². The number of rotatable bonds is 3. The lowest BCUT2D eigenvalue weighted by atomic mass is 10.1. The molecular formula is C18H22N4O. The smallest absolute Gasteiger partial charge is 0.242 e. The van der Waals surface area contributed by atoms with E-state index in [0.29, 0.717) is 19.6 Å². The summed E-state index contributed by atoms with van der Waals surface area (Å²) in [6, 6.07) is 8.32. The van der Waals surface area contributed by atoms with Gasteiger partial charge in [0, 0.05) is 25.8 Å². The van der Waals surface area contributed by atoms with Gasteiger partial charge in [-0.3, -0.25) is 9.78 Å². The highest BCUT2D eigenvalue weighted by molar-refractivity contribution is 5.82. The zero-order chi connectivity index (χ0) is 16.4. The van der Waals surface area contributed by atoms with Crippen LogP contribution < -0.4 is 4.90 Å². The molecule has 0 spiro atoms. The number of hydrogen-bond acceptors (Lipinski definition) is 4. The standard InChI is InChI=1S/C18H22N4O/c1-13-5-4-6-16(9-13)11-21-7-8-22(12-17(21)23)18-15(3)19-10-14(2)20-18/h4-6,9-10H,7-8,11-12H2,1-3H3. The number of carbonyl (C=O) groups is 1. The minimum atomic E-state index is 0.139. The van der Waals surface area contributed by atoms with Crippen molar-refractivity contribution in [1.82, 2.24) is 14.9 Å². The average Bonchev–Trinajstić information content (AvgIpc) is 2.52. The Bertz CT molecular complexity index is 729. The van der Waals surface area contributed by atoms with Gasteiger partial charge in [0.1, 0.15) is 0 Å². The topological polar surface area (TPSA) is 49.3 Å². The first kappa shape index (κ1) is 15.5. The molecule has 1 fully saturated rings. The Morgan fingerprint density at radius 1 is 1.17 bits per heavy atom. The van der Waals surface area contributed by atoms with E-state index in [4.69, 9.17) is 0 Å². The number of carbonyl (C=O) groups excluding carboxylic acids is 1. The van der Waals surface area contributed by atoms with Gasteiger partial charge in [-0.05, 0) is 26.3 Å². The summed E-state index contributed by atoms with van der Waals surface area (Å²) in [5.74, 6) is 0.967. The lowest BCUT2D eigenvalue weighted by Crippen LogP contribution is -2.50. The Morgan fingerprint density at radius 2 is 2.00 bits per heavy atom. The van der Waals surface area contributed by atoms with Gasteiger partial charge in [0.15, 0.2) is 5.82 Å². The van der Waals surface area contributed by atoms with Gasteiger partial charge >= 0.3 is 0 Å². The maximum Gasteiger partial charge on any atom is 0.242 e. The Kier molecular flexibility index (Phi) is 4.28. The van der Waals surface area contributed by atoms with Crippen LogP contribution in [-0.4, -0.2) is 40.4 Å². The highest BCUT2D eigenvalue weighted by Crippen LogP contribution is 2.19. The molecule has 1 aromatic carbocycles. The minimum Gasteiger partial charge on any atom is -0.344 e. The van der Waals surface area contributed by atoms with Crippen LogP contribution in [0.1, 0.15) is 22.5 Å². The summed E-state index contributed by atoms with van der Waals surface area (Å²) in [5, 5.41) is 0. The van der Waals surface area contributed by atoms with Crippen molar-refractivity contribution >= 4 is 11.7 Å². The molecule has 0 radical (unpaired) electrons. The van der Waals surface area contributed by atoms with E-state index in [1.165, 1.54) is 11.1 Å². The van der Waals surface area contributed by atoms with E-state index in [-0.39, 0.29) is 5.91 Å². The molecule has 2 heterocycles. The van der Waals surface area contributed by atoms with E-state index in [1.807, 2.05) is 29.7 Å². The van der Waals surface area contributed by atoms with Crippen LogP contribution in [0.25, 0.3) is 0 Å². The lowest BCUT2D eigenvalue weighted by molar-refractivity contribution is -0.131. The molecule has 1 aliphatic heterocycles. The molecule has 3 rings (SSSR count). The molecule has 120 valence electrons. The molecule has 0 bridgehead atoms. The van der Waals surface area contributed by atoms with E-state index >= 15 is 0 Å². The van der Waals surface area contributed by atoms with Gasteiger partial charge in [-0.25, -0.2) is 4.98 Å². The number of aryl methyl sites for hydroxylation is 3. The third kappa shape index (κ3) is 3.50. The lowest BCUT2D eigenvalue weighted by Gasteiger charge is -2.35. The van der Waals surface area contributed by atoms with Crippen LogP contribution in [0.2, 0.25) is 0 Å². The molecule has 1 amide bonds. The molecule has 2 aromatic rings. The van der Waals surface area contributed by atoms with Gasteiger partial charge in [0.05, 0.1) is 17.9 Å². The van der Waals surface area contributed by atoms with Crippen molar-refractivity contribution in [2.24, 2.45) is 0 Å². The molecular weight excluding hydrogens is 288 g/mol. The summed E-state index contributed by atoms with van der Waals surface area (Å²) in [6.07, 6.45) is 1.76. The number of hydrogen-bond donors (Lipinski definition) is 0. The van der Waals surface area contributed by atoms with Crippen molar-refractivity contribution in [3.05, 3.63) is 53.0 Å². The van der Waals surface area contributed by atoms with Crippen LogP contribution in [0, 0.1) is 20.8 Å². The third-order valence-corrected chi connectivity index (χ3v) is 4.13. The van der Waals surface area contributed by atoms with E-state index in [1.54, 1.807) is 6.20 Å². The first-order valence-electron chi connectivity index (χ1n) is 7.91. The maximum absolute atomic E-state index is 12.5. The second-order valence-corrected chi connectivity index (χ2v) is 6.15. The number of amides is 1. The quantitative estimate of drug-likeness (QED) is 0.872. The third-order valence-electron chi connectivity index (χ3n) is 4.13. The van der Waals surface area contributed by atoms with Gasteiger partial charge in [0.2, 0.25) is 5.91 Å². The van der Waals surface area contributed by atoms with Crippen LogP contribution in [0.3, 0.4) is 0 Å². The van der Waals surface area contributed by atoms with Crippen LogP contribution in [-0.2, 0) is 11.3 Å². The Labute approximate surface area is 137 Å². The van der Waals surface area contributed by atoms with Crippen molar-refractivity contribution < 1.29 is 4.79 Å². The Balaban J connectivity index is 1.70. The highest BCUT2D eigenvalue weighted by atomic mass is 16.2.